The molecule has 0 aliphatic carbocycles. The van der Waals surface area contributed by atoms with Crippen molar-refractivity contribution in [3.63, 3.8) is 0 Å². The van der Waals surface area contributed by atoms with E-state index in [1.165, 1.54) is 83.5 Å². The van der Waals surface area contributed by atoms with Gasteiger partial charge < -0.3 is 9.59 Å². The van der Waals surface area contributed by atoms with Crippen molar-refractivity contribution < 1.29 is 9.59 Å². The third-order valence-electron chi connectivity index (χ3n) is 4.63. The van der Waals surface area contributed by atoms with Crippen molar-refractivity contribution in [2.75, 3.05) is 0 Å². The summed E-state index contributed by atoms with van der Waals surface area (Å²) in [6, 6.07) is 0. The van der Waals surface area contributed by atoms with Gasteiger partial charge in [-0.2, -0.15) is 0 Å². The molecular formula is C23H46O2. The normalized spacial score (nSPS) is 11.5. The molecule has 1 unspecified atom stereocenters. The van der Waals surface area contributed by atoms with Gasteiger partial charge in [0.1, 0.15) is 12.1 Å². The van der Waals surface area contributed by atoms with Crippen molar-refractivity contribution in [2.24, 2.45) is 5.92 Å². The highest BCUT2D eigenvalue weighted by molar-refractivity contribution is 5.75. The van der Waals surface area contributed by atoms with E-state index in [4.69, 9.17) is 0 Å². The van der Waals surface area contributed by atoms with E-state index < -0.39 is 0 Å². The van der Waals surface area contributed by atoms with Crippen LogP contribution in [-0.2, 0) is 9.59 Å². The Kier molecular flexibility index (Phi) is 24.8. The molecule has 25 heavy (non-hydrogen) atoms. The van der Waals surface area contributed by atoms with Crippen LogP contribution in [0.5, 0.6) is 0 Å². The van der Waals surface area contributed by atoms with Gasteiger partial charge in [-0.1, -0.05) is 104 Å². The second-order valence-electron chi connectivity index (χ2n) is 7.60. The minimum Gasteiger partial charge on any atom is -0.303 e. The van der Waals surface area contributed by atoms with Crippen LogP contribution in [-0.4, -0.2) is 12.1 Å². The molecule has 0 heterocycles. The Bertz CT molecular complexity index is 273. The van der Waals surface area contributed by atoms with Crippen molar-refractivity contribution in [1.29, 1.82) is 0 Å². The topological polar surface area (TPSA) is 34.1 Å². The Morgan fingerprint density at radius 1 is 0.720 bits per heavy atom. The number of hydrogen-bond acceptors (Lipinski definition) is 2. The molecule has 0 aromatic rings. The Labute approximate surface area is 158 Å². The van der Waals surface area contributed by atoms with Gasteiger partial charge >= 0.3 is 0 Å². The SMILES string of the molecule is CCCCCCCCCC(C)=O.CCCCCCCCCC(C)C=O. The molecule has 0 rings (SSSR count). The first kappa shape index (κ1) is 26.6. The monoisotopic (exact) mass is 354 g/mol. The maximum absolute atomic E-state index is 10.6. The average molecular weight is 355 g/mol. The molecule has 0 amide bonds. The fourth-order valence-corrected chi connectivity index (χ4v) is 2.82. The van der Waals surface area contributed by atoms with Crippen molar-refractivity contribution in [2.45, 2.75) is 130 Å². The summed E-state index contributed by atoms with van der Waals surface area (Å²) in [7, 11) is 0. The van der Waals surface area contributed by atoms with Gasteiger partial charge in [-0.05, 0) is 19.8 Å². The van der Waals surface area contributed by atoms with Crippen molar-refractivity contribution in [3.8, 4) is 0 Å². The quantitative estimate of drug-likeness (QED) is 0.198. The zero-order chi connectivity index (χ0) is 19.2. The Hall–Kier alpha value is -0.660. The highest BCUT2D eigenvalue weighted by atomic mass is 16.1. The van der Waals surface area contributed by atoms with Crippen LogP contribution in [0.2, 0.25) is 0 Å². The minimum atomic E-state index is 0.274. The second kappa shape index (κ2) is 23.3. The molecule has 0 fully saturated rings. The molecule has 1 atom stereocenters. The van der Waals surface area contributed by atoms with Gasteiger partial charge in [0.05, 0.1) is 0 Å². The van der Waals surface area contributed by atoms with Gasteiger partial charge in [-0.3, -0.25) is 0 Å². The summed E-state index contributed by atoms with van der Waals surface area (Å²) in [4.78, 5) is 20.9. The van der Waals surface area contributed by atoms with E-state index in [0.717, 1.165) is 25.5 Å². The summed E-state index contributed by atoms with van der Waals surface area (Å²) < 4.78 is 0. The van der Waals surface area contributed by atoms with E-state index in [1.54, 1.807) is 6.92 Å². The van der Waals surface area contributed by atoms with Crippen LogP contribution in [0.4, 0.5) is 0 Å². The lowest BCUT2D eigenvalue weighted by atomic mass is 10.0. The zero-order valence-electron chi connectivity index (χ0n) is 17.8. The molecular weight excluding hydrogens is 308 g/mol. The van der Waals surface area contributed by atoms with Crippen LogP contribution in [0.15, 0.2) is 0 Å². The van der Waals surface area contributed by atoms with Gasteiger partial charge in [-0.15, -0.1) is 0 Å². The van der Waals surface area contributed by atoms with Crippen molar-refractivity contribution >= 4 is 12.1 Å². The van der Waals surface area contributed by atoms with E-state index in [1.807, 2.05) is 6.92 Å². The molecule has 0 radical (unpaired) electrons. The Morgan fingerprint density at radius 3 is 1.52 bits per heavy atom. The second-order valence-corrected chi connectivity index (χ2v) is 7.60. The van der Waals surface area contributed by atoms with E-state index in [9.17, 15) is 9.59 Å². The minimum absolute atomic E-state index is 0.274. The van der Waals surface area contributed by atoms with E-state index >= 15 is 0 Å². The molecule has 2 nitrogen and oxygen atoms in total. The van der Waals surface area contributed by atoms with Gasteiger partial charge in [0.25, 0.3) is 0 Å². The van der Waals surface area contributed by atoms with E-state index in [2.05, 4.69) is 13.8 Å². The van der Waals surface area contributed by atoms with Gasteiger partial charge in [-0.25, -0.2) is 0 Å². The van der Waals surface area contributed by atoms with Crippen molar-refractivity contribution in [1.82, 2.24) is 0 Å². The predicted octanol–water partition coefficient (Wildman–Crippen LogP) is 7.68. The number of unbranched alkanes of at least 4 members (excludes halogenated alkanes) is 12. The smallest absolute Gasteiger partial charge is 0.129 e. The molecule has 0 aliphatic heterocycles. The summed E-state index contributed by atoms with van der Waals surface area (Å²) in [5, 5.41) is 0. The first-order valence-corrected chi connectivity index (χ1v) is 11.0. The largest absolute Gasteiger partial charge is 0.303 e. The third-order valence-corrected chi connectivity index (χ3v) is 4.63. The van der Waals surface area contributed by atoms with Crippen LogP contribution in [0.1, 0.15) is 130 Å². The van der Waals surface area contributed by atoms with Gasteiger partial charge in [0.2, 0.25) is 0 Å². The summed E-state index contributed by atoms with van der Waals surface area (Å²) in [5.74, 6) is 0.610. The number of carbonyl (C=O) groups is 2. The standard InChI is InChI=1S/C12H24O.C11H22O/c1-3-4-5-6-7-8-9-10-12(2)11-13;1-3-4-5-6-7-8-9-10-11(2)12/h11-12H,3-10H2,1-2H3;3-10H2,1-2H3. The molecule has 0 aliphatic rings. The fraction of sp³-hybridized carbons (Fsp3) is 0.913. The number of hydrogen-bond donors (Lipinski definition) is 0. The molecule has 0 aromatic carbocycles. The summed E-state index contributed by atoms with van der Waals surface area (Å²) in [5.41, 5.74) is 0. The van der Waals surface area contributed by atoms with E-state index in [-0.39, 0.29) is 5.92 Å². The number of ketones is 1. The van der Waals surface area contributed by atoms with Crippen LogP contribution in [0.3, 0.4) is 0 Å². The third kappa shape index (κ3) is 28.4. The van der Waals surface area contributed by atoms with Crippen LogP contribution in [0, 0.1) is 5.92 Å². The molecule has 0 bridgehead atoms. The van der Waals surface area contributed by atoms with Gasteiger partial charge in [0.15, 0.2) is 0 Å². The van der Waals surface area contributed by atoms with Crippen molar-refractivity contribution in [3.05, 3.63) is 0 Å². The maximum atomic E-state index is 10.6. The number of rotatable bonds is 17. The fourth-order valence-electron chi connectivity index (χ4n) is 2.82. The zero-order valence-corrected chi connectivity index (χ0v) is 17.8. The van der Waals surface area contributed by atoms with Crippen LogP contribution < -0.4 is 0 Å². The number of aldehydes is 1. The molecule has 150 valence electrons. The molecule has 0 spiro atoms. The predicted molar refractivity (Wildman–Crippen MR) is 111 cm³/mol. The number of Topliss-reactive ketones (excluding diaryl/α,β-unsaturated/α-hetero) is 1. The summed E-state index contributed by atoms with van der Waals surface area (Å²) in [6.45, 7) is 8.16. The molecule has 0 saturated heterocycles. The molecule has 0 N–H and O–H groups in total. The Balaban J connectivity index is 0. The highest BCUT2D eigenvalue weighted by Crippen LogP contribution is 2.11. The van der Waals surface area contributed by atoms with Gasteiger partial charge in [0, 0.05) is 12.3 Å². The Morgan fingerprint density at radius 2 is 1.12 bits per heavy atom. The lowest BCUT2D eigenvalue weighted by Crippen LogP contribution is -1.94. The average Bonchev–Trinajstić information content (AvgIpc) is 2.60. The first-order valence-electron chi connectivity index (χ1n) is 11.0. The first-order chi connectivity index (χ1) is 12.1. The lowest BCUT2D eigenvalue weighted by Gasteiger charge is -2.02. The van der Waals surface area contributed by atoms with E-state index in [0.29, 0.717) is 5.78 Å². The highest BCUT2D eigenvalue weighted by Gasteiger charge is 1.98. The number of carbonyl (C=O) groups excluding carboxylic acids is 2. The summed E-state index contributed by atoms with van der Waals surface area (Å²) in [6.07, 6.45) is 21.3. The van der Waals surface area contributed by atoms with Crippen LogP contribution >= 0.6 is 0 Å². The molecule has 2 heteroatoms. The summed E-state index contributed by atoms with van der Waals surface area (Å²) >= 11 is 0. The molecule has 0 aromatic heterocycles. The van der Waals surface area contributed by atoms with Crippen LogP contribution in [0.25, 0.3) is 0 Å². The molecule has 0 saturated carbocycles. The lowest BCUT2D eigenvalue weighted by molar-refractivity contribution is -0.117. The maximum Gasteiger partial charge on any atom is 0.129 e.